The van der Waals surface area contributed by atoms with Crippen LogP contribution in [0.4, 0.5) is 8.78 Å². The van der Waals surface area contributed by atoms with E-state index in [1.807, 2.05) is 30.3 Å². The van der Waals surface area contributed by atoms with E-state index in [1.165, 1.54) is 12.1 Å². The van der Waals surface area contributed by atoms with E-state index in [9.17, 15) is 8.78 Å². The number of halogens is 2. The van der Waals surface area contributed by atoms with E-state index < -0.39 is 11.6 Å². The Labute approximate surface area is 132 Å². The van der Waals surface area contributed by atoms with Crippen molar-refractivity contribution in [3.8, 4) is 11.3 Å². The lowest BCUT2D eigenvalue weighted by atomic mass is 10.1. The maximum Gasteiger partial charge on any atom is 0.126 e. The zero-order chi connectivity index (χ0) is 16.2. The van der Waals surface area contributed by atoms with E-state index >= 15 is 0 Å². The van der Waals surface area contributed by atoms with Crippen LogP contribution < -0.4 is 0 Å². The maximum atomic E-state index is 13.5. The normalized spacial score (nSPS) is 10.7. The smallest absolute Gasteiger partial charge is 0.126 e. The van der Waals surface area contributed by atoms with Gasteiger partial charge in [-0.25, -0.2) is 13.5 Å². The number of allylic oxidation sites excluding steroid dienone is 1. The number of benzene rings is 2. The van der Waals surface area contributed by atoms with Crippen molar-refractivity contribution >= 4 is 0 Å². The van der Waals surface area contributed by atoms with Crippen LogP contribution >= 0.6 is 0 Å². The molecule has 3 nitrogen and oxygen atoms in total. The Morgan fingerprint density at radius 1 is 1.04 bits per heavy atom. The molecule has 3 aromatic rings. The molecule has 0 saturated heterocycles. The van der Waals surface area contributed by atoms with Gasteiger partial charge in [-0.3, -0.25) is 0 Å². The van der Waals surface area contributed by atoms with Crippen molar-refractivity contribution in [2.24, 2.45) is 0 Å². The Kier molecular flexibility index (Phi) is 4.28. The van der Waals surface area contributed by atoms with E-state index in [0.29, 0.717) is 24.2 Å². The highest BCUT2D eigenvalue weighted by atomic mass is 19.1. The molecule has 0 amide bonds. The van der Waals surface area contributed by atoms with E-state index in [0.717, 1.165) is 17.3 Å². The van der Waals surface area contributed by atoms with Crippen LogP contribution in [0.15, 0.2) is 61.2 Å². The summed E-state index contributed by atoms with van der Waals surface area (Å²) in [5.41, 5.74) is 2.69. The van der Waals surface area contributed by atoms with E-state index in [-0.39, 0.29) is 0 Å². The molecular weight excluding hydrogens is 296 g/mol. The molecule has 0 spiro atoms. The van der Waals surface area contributed by atoms with Gasteiger partial charge in [-0.2, -0.15) is 0 Å². The second kappa shape index (κ2) is 6.52. The lowest BCUT2D eigenvalue weighted by Gasteiger charge is -2.07. The molecule has 0 N–H and O–H groups in total. The Hall–Kier alpha value is -2.82. The van der Waals surface area contributed by atoms with Crippen LogP contribution in [0.25, 0.3) is 11.3 Å². The van der Waals surface area contributed by atoms with Crippen molar-refractivity contribution in [2.75, 3.05) is 0 Å². The summed E-state index contributed by atoms with van der Waals surface area (Å²) in [6.07, 6.45) is 2.23. The quantitative estimate of drug-likeness (QED) is 0.667. The summed E-state index contributed by atoms with van der Waals surface area (Å²) in [5, 5.41) is 8.25. The van der Waals surface area contributed by atoms with Gasteiger partial charge in [0.25, 0.3) is 0 Å². The zero-order valence-corrected chi connectivity index (χ0v) is 12.4. The molecule has 23 heavy (non-hydrogen) atoms. The molecule has 0 saturated carbocycles. The van der Waals surface area contributed by atoms with Crippen LogP contribution in [0.1, 0.15) is 11.3 Å². The highest BCUT2D eigenvalue weighted by Crippen LogP contribution is 2.24. The number of hydrogen-bond donors (Lipinski definition) is 0. The van der Waals surface area contributed by atoms with Crippen LogP contribution in [0.3, 0.4) is 0 Å². The topological polar surface area (TPSA) is 30.7 Å². The lowest BCUT2D eigenvalue weighted by molar-refractivity contribution is 0.584. The fourth-order valence-corrected chi connectivity index (χ4v) is 2.47. The molecule has 0 aliphatic rings. The molecule has 3 rings (SSSR count). The van der Waals surface area contributed by atoms with Gasteiger partial charge in [0.2, 0.25) is 0 Å². The number of nitrogens with zero attached hydrogens (tertiary/aromatic N) is 3. The minimum Gasteiger partial charge on any atom is -0.244 e. The fraction of sp³-hybridized carbons (Fsp3) is 0.111. The Morgan fingerprint density at radius 3 is 2.39 bits per heavy atom. The van der Waals surface area contributed by atoms with Crippen molar-refractivity contribution in [1.82, 2.24) is 15.0 Å². The van der Waals surface area contributed by atoms with Gasteiger partial charge in [-0.05, 0) is 17.7 Å². The summed E-state index contributed by atoms with van der Waals surface area (Å²) in [4.78, 5) is 0. The molecule has 2 aromatic carbocycles. The average molecular weight is 311 g/mol. The average Bonchev–Trinajstić information content (AvgIpc) is 2.91. The van der Waals surface area contributed by atoms with Gasteiger partial charge in [-0.15, -0.1) is 11.7 Å². The van der Waals surface area contributed by atoms with Crippen LogP contribution in [0.5, 0.6) is 0 Å². The number of aromatic nitrogens is 3. The Balaban J connectivity index is 2.03. The monoisotopic (exact) mass is 311 g/mol. The van der Waals surface area contributed by atoms with Crippen molar-refractivity contribution in [3.05, 3.63) is 84.1 Å². The first kappa shape index (κ1) is 15.1. The van der Waals surface area contributed by atoms with Gasteiger partial charge in [-0.1, -0.05) is 41.6 Å². The van der Waals surface area contributed by atoms with E-state index in [1.54, 1.807) is 10.8 Å². The molecule has 0 radical (unpaired) electrons. The fourth-order valence-electron chi connectivity index (χ4n) is 2.47. The van der Waals surface area contributed by atoms with Crippen molar-refractivity contribution in [2.45, 2.75) is 13.0 Å². The van der Waals surface area contributed by atoms with E-state index in [2.05, 4.69) is 16.9 Å². The molecular formula is C18H15F2N3. The summed E-state index contributed by atoms with van der Waals surface area (Å²) < 4.78 is 28.7. The third-order valence-electron chi connectivity index (χ3n) is 3.49. The molecule has 0 aliphatic heterocycles. The molecule has 116 valence electrons. The standard InChI is InChI=1S/C18H15F2N3/c1-2-6-17-18(14-9-15(19)11-16(20)10-14)21-22-23(17)12-13-7-4-3-5-8-13/h2-5,7-11H,1,6,12H2. The van der Waals surface area contributed by atoms with Crippen LogP contribution in [-0.4, -0.2) is 15.0 Å². The van der Waals surface area contributed by atoms with Gasteiger partial charge in [0, 0.05) is 18.1 Å². The minimum absolute atomic E-state index is 0.374. The first-order chi connectivity index (χ1) is 11.2. The highest BCUT2D eigenvalue weighted by Gasteiger charge is 2.15. The van der Waals surface area contributed by atoms with Crippen LogP contribution in [0.2, 0.25) is 0 Å². The molecule has 0 bridgehead atoms. The van der Waals surface area contributed by atoms with Crippen LogP contribution in [0, 0.1) is 11.6 Å². The molecule has 0 atom stereocenters. The highest BCUT2D eigenvalue weighted by molar-refractivity contribution is 5.61. The molecule has 1 heterocycles. The predicted molar refractivity (Wildman–Crippen MR) is 84.8 cm³/mol. The Morgan fingerprint density at radius 2 is 1.74 bits per heavy atom. The SMILES string of the molecule is C=CCc1c(-c2cc(F)cc(F)c2)nnn1Cc1ccccc1. The second-order valence-corrected chi connectivity index (χ2v) is 5.18. The third kappa shape index (κ3) is 3.34. The lowest BCUT2D eigenvalue weighted by Crippen LogP contribution is -2.06. The number of hydrogen-bond acceptors (Lipinski definition) is 2. The summed E-state index contributed by atoms with van der Waals surface area (Å²) in [6.45, 7) is 4.27. The van der Waals surface area contributed by atoms with Gasteiger partial charge < -0.3 is 0 Å². The summed E-state index contributed by atoms with van der Waals surface area (Å²) in [7, 11) is 0. The molecule has 5 heteroatoms. The van der Waals surface area contributed by atoms with Gasteiger partial charge in [0.1, 0.15) is 17.3 Å². The first-order valence-electron chi connectivity index (χ1n) is 7.21. The third-order valence-corrected chi connectivity index (χ3v) is 3.49. The van der Waals surface area contributed by atoms with Gasteiger partial charge in [0.15, 0.2) is 0 Å². The van der Waals surface area contributed by atoms with Crippen molar-refractivity contribution in [1.29, 1.82) is 0 Å². The molecule has 0 aliphatic carbocycles. The zero-order valence-electron chi connectivity index (χ0n) is 12.4. The summed E-state index contributed by atoms with van der Waals surface area (Å²) >= 11 is 0. The number of rotatable bonds is 5. The molecule has 0 unspecified atom stereocenters. The Bertz CT molecular complexity index is 805. The summed E-state index contributed by atoms with van der Waals surface area (Å²) in [5.74, 6) is -1.27. The van der Waals surface area contributed by atoms with Gasteiger partial charge >= 0.3 is 0 Å². The van der Waals surface area contributed by atoms with Gasteiger partial charge in [0.05, 0.1) is 12.2 Å². The molecule has 1 aromatic heterocycles. The van der Waals surface area contributed by atoms with Crippen LogP contribution in [-0.2, 0) is 13.0 Å². The summed E-state index contributed by atoms with van der Waals surface area (Å²) in [6, 6.07) is 13.2. The van der Waals surface area contributed by atoms with Crippen molar-refractivity contribution < 1.29 is 8.78 Å². The largest absolute Gasteiger partial charge is 0.244 e. The van der Waals surface area contributed by atoms with E-state index in [4.69, 9.17) is 0 Å². The molecule has 0 fully saturated rings. The maximum absolute atomic E-state index is 13.5. The predicted octanol–water partition coefficient (Wildman–Crippen LogP) is 4.00. The first-order valence-corrected chi connectivity index (χ1v) is 7.21. The second-order valence-electron chi connectivity index (χ2n) is 5.18. The van der Waals surface area contributed by atoms with Crippen molar-refractivity contribution in [3.63, 3.8) is 0 Å². The minimum atomic E-state index is -0.637.